The van der Waals surface area contributed by atoms with Gasteiger partial charge in [-0.15, -0.1) is 0 Å². The fourth-order valence-corrected chi connectivity index (χ4v) is 3.73. The number of aromatic nitrogens is 2. The Morgan fingerprint density at radius 1 is 0.939 bits per heavy atom. The minimum absolute atomic E-state index is 0.126. The molecule has 2 heterocycles. The molecule has 0 bridgehead atoms. The van der Waals surface area contributed by atoms with E-state index in [4.69, 9.17) is 4.74 Å². The summed E-state index contributed by atoms with van der Waals surface area (Å²) in [6.45, 7) is 6.30. The van der Waals surface area contributed by atoms with Gasteiger partial charge in [-0.2, -0.15) is 5.10 Å². The summed E-state index contributed by atoms with van der Waals surface area (Å²) in [7, 11) is 1.65. The van der Waals surface area contributed by atoms with Gasteiger partial charge in [-0.25, -0.2) is 4.68 Å². The predicted octanol–water partition coefficient (Wildman–Crippen LogP) is 3.44. The Kier molecular flexibility index (Phi) is 6.63. The number of ether oxygens (including phenoxy) is 1. The van der Waals surface area contributed by atoms with Crippen molar-refractivity contribution in [3.8, 4) is 11.4 Å². The van der Waals surface area contributed by atoms with E-state index in [2.05, 4.69) is 15.3 Å². The molecule has 1 aliphatic heterocycles. The van der Waals surface area contributed by atoms with E-state index in [0.29, 0.717) is 24.6 Å². The maximum absolute atomic E-state index is 13.2. The third-order valence-corrected chi connectivity index (χ3v) is 5.71. The number of nitrogens with one attached hydrogen (secondary N) is 1. The number of anilines is 2. The fraction of sp³-hybridized carbons (Fsp3) is 0.320. The molecule has 1 fully saturated rings. The topological polar surface area (TPSA) is 79.7 Å². The van der Waals surface area contributed by atoms with Gasteiger partial charge < -0.3 is 19.9 Å². The zero-order valence-electron chi connectivity index (χ0n) is 19.2. The fourth-order valence-electron chi connectivity index (χ4n) is 3.73. The van der Waals surface area contributed by atoms with Crippen LogP contribution in [0.25, 0.3) is 5.69 Å². The van der Waals surface area contributed by atoms with Gasteiger partial charge in [0, 0.05) is 43.9 Å². The van der Waals surface area contributed by atoms with Crippen molar-refractivity contribution in [2.45, 2.75) is 13.8 Å². The first-order chi connectivity index (χ1) is 16.0. The first-order valence-corrected chi connectivity index (χ1v) is 11.1. The molecule has 8 nitrogen and oxygen atoms in total. The Morgan fingerprint density at radius 2 is 1.61 bits per heavy atom. The van der Waals surface area contributed by atoms with Crippen molar-refractivity contribution in [3.63, 3.8) is 0 Å². The number of piperazine rings is 1. The molecule has 3 aromatic rings. The van der Waals surface area contributed by atoms with Gasteiger partial charge in [0.05, 0.1) is 12.8 Å². The molecule has 0 unspecified atom stereocenters. The SMILES string of the molecule is COc1ccc(N2CCN(C(=O)c3cc(NC(=O)C(C)C)n(-c4ccccc4)n3)CC2)cc1. The van der Waals surface area contributed by atoms with E-state index in [-0.39, 0.29) is 17.7 Å². The molecule has 1 aromatic heterocycles. The number of carbonyl (C=O) groups excluding carboxylic acids is 2. The first-order valence-electron chi connectivity index (χ1n) is 11.1. The Labute approximate surface area is 193 Å². The Balaban J connectivity index is 1.49. The van der Waals surface area contributed by atoms with Crippen LogP contribution in [0.1, 0.15) is 24.3 Å². The van der Waals surface area contributed by atoms with Gasteiger partial charge in [0.25, 0.3) is 5.91 Å². The highest BCUT2D eigenvalue weighted by atomic mass is 16.5. The summed E-state index contributed by atoms with van der Waals surface area (Å²) in [6, 6.07) is 19.1. The molecule has 2 aromatic carbocycles. The van der Waals surface area contributed by atoms with Crippen LogP contribution in [0, 0.1) is 5.92 Å². The predicted molar refractivity (Wildman–Crippen MR) is 128 cm³/mol. The minimum atomic E-state index is -0.186. The third-order valence-electron chi connectivity index (χ3n) is 5.71. The second-order valence-electron chi connectivity index (χ2n) is 8.28. The molecule has 33 heavy (non-hydrogen) atoms. The van der Waals surface area contributed by atoms with Crippen LogP contribution in [0.3, 0.4) is 0 Å². The molecule has 0 aliphatic carbocycles. The molecular weight excluding hydrogens is 418 g/mol. The van der Waals surface area contributed by atoms with E-state index in [1.54, 1.807) is 17.9 Å². The molecule has 1 N–H and O–H groups in total. The average molecular weight is 448 g/mol. The van der Waals surface area contributed by atoms with Crippen molar-refractivity contribution in [1.29, 1.82) is 0 Å². The maximum atomic E-state index is 13.2. The van der Waals surface area contributed by atoms with Crippen molar-refractivity contribution in [3.05, 3.63) is 66.4 Å². The number of hydrogen-bond acceptors (Lipinski definition) is 5. The highest BCUT2D eigenvalue weighted by molar-refractivity contribution is 5.96. The zero-order valence-corrected chi connectivity index (χ0v) is 19.2. The number of nitrogens with zero attached hydrogens (tertiary/aromatic N) is 4. The van der Waals surface area contributed by atoms with E-state index < -0.39 is 0 Å². The standard InChI is InChI=1S/C25H29N5O3/c1-18(2)24(31)26-23-17-22(27-30(23)20-7-5-4-6-8-20)25(32)29-15-13-28(14-16-29)19-9-11-21(33-3)12-10-19/h4-12,17-18H,13-16H2,1-3H3,(H,26,31). The van der Waals surface area contributed by atoms with Gasteiger partial charge in [-0.1, -0.05) is 32.0 Å². The summed E-state index contributed by atoms with van der Waals surface area (Å²) >= 11 is 0. The molecule has 4 rings (SSSR count). The number of carbonyl (C=O) groups is 2. The number of rotatable bonds is 6. The van der Waals surface area contributed by atoms with E-state index in [1.165, 1.54) is 0 Å². The number of amides is 2. The second-order valence-corrected chi connectivity index (χ2v) is 8.28. The van der Waals surface area contributed by atoms with Crippen LogP contribution in [-0.4, -0.2) is 59.8 Å². The lowest BCUT2D eigenvalue weighted by atomic mass is 10.2. The van der Waals surface area contributed by atoms with Gasteiger partial charge in [-0.3, -0.25) is 9.59 Å². The monoisotopic (exact) mass is 447 g/mol. The highest BCUT2D eigenvalue weighted by Gasteiger charge is 2.26. The zero-order chi connectivity index (χ0) is 23.4. The smallest absolute Gasteiger partial charge is 0.274 e. The summed E-state index contributed by atoms with van der Waals surface area (Å²) in [4.78, 5) is 29.6. The summed E-state index contributed by atoms with van der Waals surface area (Å²) in [6.07, 6.45) is 0. The van der Waals surface area contributed by atoms with Gasteiger partial charge in [0.15, 0.2) is 5.69 Å². The van der Waals surface area contributed by atoms with Crippen molar-refractivity contribution in [2.75, 3.05) is 43.5 Å². The molecule has 2 amide bonds. The lowest BCUT2D eigenvalue weighted by Crippen LogP contribution is -2.48. The summed E-state index contributed by atoms with van der Waals surface area (Å²) in [5, 5.41) is 7.44. The molecule has 0 atom stereocenters. The van der Waals surface area contributed by atoms with Gasteiger partial charge in [0.1, 0.15) is 11.6 Å². The van der Waals surface area contributed by atoms with Crippen LogP contribution >= 0.6 is 0 Å². The third kappa shape index (κ3) is 5.00. The minimum Gasteiger partial charge on any atom is -0.497 e. The van der Waals surface area contributed by atoms with Crippen LogP contribution < -0.4 is 15.0 Å². The number of hydrogen-bond donors (Lipinski definition) is 1. The van der Waals surface area contributed by atoms with Crippen molar-refractivity contribution >= 4 is 23.3 Å². The van der Waals surface area contributed by atoms with E-state index >= 15 is 0 Å². The van der Waals surface area contributed by atoms with Crippen LogP contribution in [0.2, 0.25) is 0 Å². The lowest BCUT2D eigenvalue weighted by molar-refractivity contribution is -0.118. The largest absolute Gasteiger partial charge is 0.497 e. The highest BCUT2D eigenvalue weighted by Crippen LogP contribution is 2.22. The maximum Gasteiger partial charge on any atom is 0.274 e. The van der Waals surface area contributed by atoms with Gasteiger partial charge >= 0.3 is 0 Å². The summed E-state index contributed by atoms with van der Waals surface area (Å²) in [5.74, 6) is 0.856. The number of benzene rings is 2. The number of para-hydroxylation sites is 1. The summed E-state index contributed by atoms with van der Waals surface area (Å²) in [5.41, 5.74) is 2.20. The summed E-state index contributed by atoms with van der Waals surface area (Å²) < 4.78 is 6.84. The first kappa shape index (κ1) is 22.4. The Morgan fingerprint density at radius 3 is 2.21 bits per heavy atom. The van der Waals surface area contributed by atoms with E-state index in [9.17, 15) is 9.59 Å². The normalized spacial score (nSPS) is 13.8. The van der Waals surface area contributed by atoms with Crippen molar-refractivity contribution in [1.82, 2.24) is 14.7 Å². The van der Waals surface area contributed by atoms with Gasteiger partial charge in [-0.05, 0) is 36.4 Å². The number of methoxy groups -OCH3 is 1. The van der Waals surface area contributed by atoms with Crippen LogP contribution in [-0.2, 0) is 4.79 Å². The van der Waals surface area contributed by atoms with Crippen molar-refractivity contribution in [2.24, 2.45) is 5.92 Å². The molecule has 1 aliphatic rings. The molecule has 1 saturated heterocycles. The molecule has 172 valence electrons. The lowest BCUT2D eigenvalue weighted by Gasteiger charge is -2.35. The molecule has 8 heteroatoms. The average Bonchev–Trinajstić information content (AvgIpc) is 3.28. The Hall–Kier alpha value is -3.81. The van der Waals surface area contributed by atoms with E-state index in [0.717, 1.165) is 30.2 Å². The van der Waals surface area contributed by atoms with Crippen LogP contribution in [0.4, 0.5) is 11.5 Å². The molecule has 0 spiro atoms. The van der Waals surface area contributed by atoms with Crippen LogP contribution in [0.15, 0.2) is 60.7 Å². The van der Waals surface area contributed by atoms with E-state index in [1.807, 2.05) is 73.3 Å². The molecule has 0 saturated carbocycles. The molecular formula is C25H29N5O3. The second kappa shape index (κ2) is 9.77. The molecule has 0 radical (unpaired) electrons. The van der Waals surface area contributed by atoms with Gasteiger partial charge in [0.2, 0.25) is 5.91 Å². The quantitative estimate of drug-likeness (QED) is 0.626. The van der Waals surface area contributed by atoms with Crippen molar-refractivity contribution < 1.29 is 14.3 Å². The van der Waals surface area contributed by atoms with Crippen LogP contribution in [0.5, 0.6) is 5.75 Å². The Bertz CT molecular complexity index is 1100.